The Hall–Kier alpha value is -2.24. The van der Waals surface area contributed by atoms with Gasteiger partial charge in [-0.2, -0.15) is 0 Å². The molecule has 2 aromatic carbocycles. The van der Waals surface area contributed by atoms with Crippen molar-refractivity contribution < 1.29 is 9.00 Å². The van der Waals surface area contributed by atoms with Gasteiger partial charge in [0.2, 0.25) is 5.91 Å². The van der Waals surface area contributed by atoms with Crippen LogP contribution >= 0.6 is 11.3 Å². The number of benzene rings is 2. The average Bonchev–Trinajstić information content (AvgIpc) is 3.16. The Kier molecular flexibility index (Phi) is 6.14. The summed E-state index contributed by atoms with van der Waals surface area (Å²) < 4.78 is 13.0. The summed E-state index contributed by atoms with van der Waals surface area (Å²) >= 11 is 1.59. The lowest BCUT2D eigenvalue weighted by Gasteiger charge is -2.17. The highest BCUT2D eigenvalue weighted by Crippen LogP contribution is 2.28. The van der Waals surface area contributed by atoms with Gasteiger partial charge < -0.3 is 5.32 Å². The van der Waals surface area contributed by atoms with Gasteiger partial charge in [0.1, 0.15) is 5.75 Å². The quantitative estimate of drug-likeness (QED) is 0.686. The van der Waals surface area contributed by atoms with Gasteiger partial charge in [-0.05, 0) is 22.6 Å². The fraction of sp³-hybridized carbons (Fsp3) is 0.150. The summed E-state index contributed by atoms with van der Waals surface area (Å²) in [6.45, 7) is 0.481. The third-order valence-corrected chi connectivity index (χ3v) is 6.27. The zero-order valence-corrected chi connectivity index (χ0v) is 15.3. The van der Waals surface area contributed by atoms with Crippen LogP contribution < -0.4 is 5.32 Å². The van der Waals surface area contributed by atoms with Crippen LogP contribution in [0.1, 0.15) is 21.3 Å². The molecule has 3 aromatic rings. The lowest BCUT2D eigenvalue weighted by Crippen LogP contribution is -2.29. The number of rotatable bonds is 7. The Labute approximate surface area is 154 Å². The van der Waals surface area contributed by atoms with Crippen molar-refractivity contribution in [3.63, 3.8) is 0 Å². The SMILES string of the molecule is O=C(CS(=O)C(c1ccccc1)c1ccccc1)NCc1cccs1. The Morgan fingerprint density at radius 1 is 0.920 bits per heavy atom. The molecule has 128 valence electrons. The molecule has 0 saturated carbocycles. The molecule has 1 heterocycles. The molecule has 0 fully saturated rings. The standard InChI is InChI=1S/C20H19NO2S2/c22-19(21-14-18-12-7-13-24-18)15-25(23)20(16-8-3-1-4-9-16)17-10-5-2-6-11-17/h1-13,20H,14-15H2,(H,21,22). The highest BCUT2D eigenvalue weighted by atomic mass is 32.2. The molecular weight excluding hydrogens is 350 g/mol. The van der Waals surface area contributed by atoms with Gasteiger partial charge in [-0.1, -0.05) is 66.7 Å². The van der Waals surface area contributed by atoms with E-state index in [1.807, 2.05) is 78.2 Å². The van der Waals surface area contributed by atoms with Crippen LogP contribution in [0.2, 0.25) is 0 Å². The van der Waals surface area contributed by atoms with Crippen molar-refractivity contribution in [2.24, 2.45) is 0 Å². The van der Waals surface area contributed by atoms with E-state index in [2.05, 4.69) is 5.32 Å². The Balaban J connectivity index is 1.72. The monoisotopic (exact) mass is 369 g/mol. The van der Waals surface area contributed by atoms with Gasteiger partial charge in [-0.15, -0.1) is 11.3 Å². The molecule has 0 radical (unpaired) electrons. The normalized spacial score (nSPS) is 12.0. The minimum absolute atomic E-state index is 0.0141. The molecule has 0 saturated heterocycles. The molecule has 0 bridgehead atoms. The van der Waals surface area contributed by atoms with Crippen LogP contribution in [0.3, 0.4) is 0 Å². The molecule has 1 atom stereocenters. The summed E-state index contributed by atoms with van der Waals surface area (Å²) in [5.41, 5.74) is 1.91. The number of hydrogen-bond acceptors (Lipinski definition) is 3. The first-order valence-corrected chi connectivity index (χ1v) is 10.3. The topological polar surface area (TPSA) is 46.2 Å². The molecule has 1 aromatic heterocycles. The molecule has 0 spiro atoms. The zero-order valence-electron chi connectivity index (χ0n) is 13.6. The van der Waals surface area contributed by atoms with Crippen LogP contribution in [0.4, 0.5) is 0 Å². The second kappa shape index (κ2) is 8.74. The van der Waals surface area contributed by atoms with Crippen molar-refractivity contribution in [2.45, 2.75) is 11.8 Å². The zero-order chi connectivity index (χ0) is 17.5. The fourth-order valence-corrected chi connectivity index (χ4v) is 4.71. The van der Waals surface area contributed by atoms with E-state index in [-0.39, 0.29) is 16.9 Å². The third-order valence-electron chi connectivity index (χ3n) is 3.78. The van der Waals surface area contributed by atoms with Gasteiger partial charge in [0.25, 0.3) is 0 Å². The predicted molar refractivity (Wildman–Crippen MR) is 104 cm³/mol. The van der Waals surface area contributed by atoms with Crippen molar-refractivity contribution in [2.75, 3.05) is 5.75 Å². The molecule has 1 unspecified atom stereocenters. The summed E-state index contributed by atoms with van der Waals surface area (Å²) in [6, 6.07) is 23.3. The Morgan fingerprint density at radius 2 is 1.52 bits per heavy atom. The summed E-state index contributed by atoms with van der Waals surface area (Å²) in [6.07, 6.45) is 0. The van der Waals surface area contributed by atoms with Crippen LogP contribution in [-0.4, -0.2) is 15.9 Å². The number of nitrogens with one attached hydrogen (secondary N) is 1. The lowest BCUT2D eigenvalue weighted by atomic mass is 10.0. The van der Waals surface area contributed by atoms with E-state index in [1.54, 1.807) is 11.3 Å². The van der Waals surface area contributed by atoms with Gasteiger partial charge >= 0.3 is 0 Å². The van der Waals surface area contributed by atoms with E-state index < -0.39 is 10.8 Å². The van der Waals surface area contributed by atoms with Gasteiger partial charge in [0.15, 0.2) is 0 Å². The van der Waals surface area contributed by atoms with Gasteiger partial charge in [-0.3, -0.25) is 9.00 Å². The van der Waals surface area contributed by atoms with Crippen LogP contribution in [0.15, 0.2) is 78.2 Å². The maximum Gasteiger partial charge on any atom is 0.232 e. The summed E-state index contributed by atoms with van der Waals surface area (Å²) in [5.74, 6) is -0.205. The third kappa shape index (κ3) is 4.87. The molecule has 0 aliphatic rings. The summed E-state index contributed by atoms with van der Waals surface area (Å²) in [7, 11) is -1.35. The molecule has 1 N–H and O–H groups in total. The molecule has 25 heavy (non-hydrogen) atoms. The molecule has 1 amide bonds. The minimum Gasteiger partial charge on any atom is -0.350 e. The van der Waals surface area contributed by atoms with Gasteiger partial charge in [0.05, 0.1) is 11.8 Å². The van der Waals surface area contributed by atoms with Crippen molar-refractivity contribution >= 4 is 28.0 Å². The Bertz CT molecular complexity index is 778. The maximum absolute atomic E-state index is 13.0. The van der Waals surface area contributed by atoms with E-state index in [0.29, 0.717) is 6.54 Å². The number of carbonyl (C=O) groups excluding carboxylic acids is 1. The average molecular weight is 370 g/mol. The largest absolute Gasteiger partial charge is 0.350 e. The van der Waals surface area contributed by atoms with Crippen molar-refractivity contribution in [3.8, 4) is 0 Å². The van der Waals surface area contributed by atoms with Gasteiger partial charge in [-0.25, -0.2) is 0 Å². The predicted octanol–water partition coefficient (Wildman–Crippen LogP) is 3.90. The molecule has 5 heteroatoms. The first-order chi connectivity index (χ1) is 12.2. The summed E-state index contributed by atoms with van der Waals surface area (Å²) in [5, 5.41) is 4.51. The Morgan fingerprint density at radius 3 is 2.04 bits per heavy atom. The van der Waals surface area contributed by atoms with E-state index in [1.165, 1.54) is 0 Å². The minimum atomic E-state index is -1.35. The van der Waals surface area contributed by atoms with Crippen LogP contribution in [0, 0.1) is 0 Å². The molecule has 3 nitrogen and oxygen atoms in total. The first kappa shape index (κ1) is 17.6. The van der Waals surface area contributed by atoms with E-state index in [9.17, 15) is 9.00 Å². The highest BCUT2D eigenvalue weighted by molar-refractivity contribution is 7.86. The maximum atomic E-state index is 13.0. The molecule has 0 aliphatic heterocycles. The number of carbonyl (C=O) groups is 1. The summed E-state index contributed by atoms with van der Waals surface area (Å²) in [4.78, 5) is 13.3. The van der Waals surface area contributed by atoms with E-state index in [0.717, 1.165) is 16.0 Å². The van der Waals surface area contributed by atoms with Crippen LogP contribution in [-0.2, 0) is 22.1 Å². The number of hydrogen-bond donors (Lipinski definition) is 1. The highest BCUT2D eigenvalue weighted by Gasteiger charge is 2.23. The number of thiophene rings is 1. The van der Waals surface area contributed by atoms with E-state index in [4.69, 9.17) is 0 Å². The van der Waals surface area contributed by atoms with Gasteiger partial charge in [0, 0.05) is 15.7 Å². The van der Waals surface area contributed by atoms with Crippen molar-refractivity contribution in [3.05, 3.63) is 94.2 Å². The molecule has 3 rings (SSSR count). The number of amides is 1. The lowest BCUT2D eigenvalue weighted by molar-refractivity contribution is -0.118. The van der Waals surface area contributed by atoms with Crippen molar-refractivity contribution in [1.82, 2.24) is 5.32 Å². The van der Waals surface area contributed by atoms with Crippen LogP contribution in [0.5, 0.6) is 0 Å². The smallest absolute Gasteiger partial charge is 0.232 e. The second-order valence-corrected chi connectivity index (χ2v) is 8.14. The van der Waals surface area contributed by atoms with Crippen LogP contribution in [0.25, 0.3) is 0 Å². The molecular formula is C20H19NO2S2. The fourth-order valence-electron chi connectivity index (χ4n) is 2.61. The van der Waals surface area contributed by atoms with E-state index >= 15 is 0 Å². The second-order valence-electron chi connectivity index (χ2n) is 5.58. The molecule has 0 aliphatic carbocycles. The van der Waals surface area contributed by atoms with Crippen molar-refractivity contribution in [1.29, 1.82) is 0 Å². The first-order valence-electron chi connectivity index (χ1n) is 8.00.